The minimum Gasteiger partial charge on any atom is -0.453 e. The van der Waals surface area contributed by atoms with Gasteiger partial charge in [0.15, 0.2) is 0 Å². The van der Waals surface area contributed by atoms with Crippen molar-refractivity contribution in [3.05, 3.63) is 78.5 Å². The second-order valence-corrected chi connectivity index (χ2v) is 16.5. The molecule has 16 nitrogen and oxygen atoms in total. The Hall–Kier alpha value is -6.36. The molecule has 0 aliphatic carbocycles. The number of hydrogen-bond acceptors (Lipinski definition) is 10. The standard InChI is InChI=1S/C45H52FN9O7/c1-25(2)38(52-44(58)60-3)42(56)54-15-5-7-36(54)40-48-23-34(50-40)29-11-12-31(32(46)20-29)27-9-10-28-19-30(22-47-33(28)21-27)35-24-49-41(51-35)37-8-6-16-55(37)43(57)39(53-45(59)61-4)26-13-17-62-18-14-26/h9-12,19-26,36-39H,5-8,13-18H2,1-4H3,(H,48,50)(H,49,51)(H,52,58)(H,53,59)/t36-,37-,38-,39-/m0/s1. The predicted octanol–water partition coefficient (Wildman–Crippen LogP) is 6.68. The van der Waals surface area contributed by atoms with E-state index in [-0.39, 0.29) is 35.7 Å². The van der Waals surface area contributed by atoms with E-state index >= 15 is 4.39 Å². The van der Waals surface area contributed by atoms with E-state index in [1.165, 1.54) is 20.3 Å². The molecule has 6 heterocycles. The van der Waals surface area contributed by atoms with Gasteiger partial charge in [-0.25, -0.2) is 23.9 Å². The van der Waals surface area contributed by atoms with Crippen LogP contribution in [0.25, 0.3) is 44.5 Å². The Bertz CT molecular complexity index is 2450. The van der Waals surface area contributed by atoms with Crippen LogP contribution in [0.1, 0.15) is 76.1 Å². The van der Waals surface area contributed by atoms with Crippen LogP contribution in [-0.2, 0) is 23.8 Å². The number of H-pyrrole nitrogens is 2. The van der Waals surface area contributed by atoms with Crippen molar-refractivity contribution in [2.75, 3.05) is 40.5 Å². The molecule has 4 amide bonds. The summed E-state index contributed by atoms with van der Waals surface area (Å²) in [6.07, 6.45) is 8.25. The van der Waals surface area contributed by atoms with Crippen molar-refractivity contribution in [2.24, 2.45) is 11.8 Å². The van der Waals surface area contributed by atoms with Gasteiger partial charge in [0.1, 0.15) is 29.5 Å². The molecule has 0 radical (unpaired) electrons. The Morgan fingerprint density at radius 1 is 0.806 bits per heavy atom. The van der Waals surface area contributed by atoms with E-state index in [9.17, 15) is 19.2 Å². The van der Waals surface area contributed by atoms with Gasteiger partial charge in [0.05, 0.1) is 49.4 Å². The van der Waals surface area contributed by atoms with E-state index in [1.807, 2.05) is 55.3 Å². The molecular formula is C45H52FN9O7. The fourth-order valence-corrected chi connectivity index (χ4v) is 8.96. The topological polar surface area (TPSA) is 197 Å². The highest BCUT2D eigenvalue weighted by molar-refractivity contribution is 5.89. The van der Waals surface area contributed by atoms with Gasteiger partial charge >= 0.3 is 12.2 Å². The number of hydrogen-bond donors (Lipinski definition) is 4. The Morgan fingerprint density at radius 3 is 2.21 bits per heavy atom. The molecular weight excluding hydrogens is 798 g/mol. The molecule has 0 bridgehead atoms. The summed E-state index contributed by atoms with van der Waals surface area (Å²) >= 11 is 0. The Labute approximate surface area is 358 Å². The summed E-state index contributed by atoms with van der Waals surface area (Å²) < 4.78 is 31.0. The number of alkyl carbamates (subject to hydrolysis) is 2. The third-order valence-electron chi connectivity index (χ3n) is 12.3. The first-order valence-corrected chi connectivity index (χ1v) is 21.2. The number of aromatic amines is 2. The van der Waals surface area contributed by atoms with Crippen molar-refractivity contribution in [3.63, 3.8) is 0 Å². The summed E-state index contributed by atoms with van der Waals surface area (Å²) in [4.78, 5) is 76.2. The van der Waals surface area contributed by atoms with Crippen LogP contribution < -0.4 is 10.6 Å². The number of nitrogens with zero attached hydrogens (tertiary/aromatic N) is 5. The highest BCUT2D eigenvalue weighted by Gasteiger charge is 2.41. The number of nitrogens with one attached hydrogen (secondary N) is 4. The van der Waals surface area contributed by atoms with E-state index in [0.717, 1.165) is 30.2 Å². The minimum atomic E-state index is -0.745. The van der Waals surface area contributed by atoms with Crippen molar-refractivity contribution < 1.29 is 37.8 Å². The summed E-state index contributed by atoms with van der Waals surface area (Å²) in [5.41, 5.74) is 4.46. The number of likely N-dealkylation sites (tertiary alicyclic amines) is 2. The first-order chi connectivity index (χ1) is 30.0. The SMILES string of the molecule is COC(=O)N[C@H](C(=O)N1CCC[C@H]1c1ncc(-c2ccc(-c3ccc4cc(-c5c[nH]c([C@@H]6CCCN6C(=O)[C@@H](NC(=O)OC)C6CCOCC6)n5)cnc4c3)c(F)c2)[nH]1)C(C)C. The van der Waals surface area contributed by atoms with Gasteiger partial charge in [-0.2, -0.15) is 0 Å². The quantitative estimate of drug-likeness (QED) is 0.111. The molecule has 4 atom stereocenters. The van der Waals surface area contributed by atoms with E-state index in [2.05, 4.69) is 25.6 Å². The average molecular weight is 850 g/mol. The van der Waals surface area contributed by atoms with E-state index in [0.29, 0.717) is 90.8 Å². The lowest BCUT2D eigenvalue weighted by molar-refractivity contribution is -0.137. The Balaban J connectivity index is 0.954. The zero-order valence-electron chi connectivity index (χ0n) is 35.3. The maximum absolute atomic E-state index is 15.9. The number of ether oxygens (including phenoxy) is 3. The highest BCUT2D eigenvalue weighted by Crippen LogP contribution is 2.36. The molecule has 3 aliphatic heterocycles. The van der Waals surface area contributed by atoms with Crippen LogP contribution in [0, 0.1) is 17.7 Å². The third-order valence-corrected chi connectivity index (χ3v) is 12.3. The molecule has 17 heteroatoms. The van der Waals surface area contributed by atoms with E-state index < -0.39 is 30.1 Å². The Kier molecular flexibility index (Phi) is 12.5. The molecule has 3 fully saturated rings. The molecule has 2 aromatic carbocycles. The van der Waals surface area contributed by atoms with Gasteiger partial charge in [0.25, 0.3) is 0 Å². The molecule has 326 valence electrons. The van der Waals surface area contributed by atoms with Gasteiger partial charge in [0.2, 0.25) is 11.8 Å². The first-order valence-electron chi connectivity index (χ1n) is 21.2. The van der Waals surface area contributed by atoms with Gasteiger partial charge in [-0.15, -0.1) is 0 Å². The largest absolute Gasteiger partial charge is 0.453 e. The highest BCUT2D eigenvalue weighted by atomic mass is 19.1. The monoisotopic (exact) mass is 849 g/mol. The lowest BCUT2D eigenvalue weighted by atomic mass is 9.90. The number of pyridine rings is 1. The van der Waals surface area contributed by atoms with Crippen molar-refractivity contribution >= 4 is 34.9 Å². The molecule has 3 saturated heterocycles. The molecule has 3 aromatic heterocycles. The van der Waals surface area contributed by atoms with Crippen molar-refractivity contribution in [2.45, 2.75) is 76.5 Å². The lowest BCUT2D eigenvalue weighted by Gasteiger charge is -2.34. The molecule has 4 N–H and O–H groups in total. The van der Waals surface area contributed by atoms with Crippen molar-refractivity contribution in [1.29, 1.82) is 0 Å². The smallest absolute Gasteiger partial charge is 0.407 e. The number of methoxy groups -OCH3 is 2. The van der Waals surface area contributed by atoms with Crippen LogP contribution in [0.4, 0.5) is 14.0 Å². The Morgan fingerprint density at radius 2 is 1.50 bits per heavy atom. The molecule has 62 heavy (non-hydrogen) atoms. The summed E-state index contributed by atoms with van der Waals surface area (Å²) in [5, 5.41) is 6.30. The van der Waals surface area contributed by atoms with Gasteiger partial charge in [-0.3, -0.25) is 14.6 Å². The van der Waals surface area contributed by atoms with Crippen molar-refractivity contribution in [3.8, 4) is 33.6 Å². The van der Waals surface area contributed by atoms with Crippen LogP contribution in [0.5, 0.6) is 0 Å². The number of fused-ring (bicyclic) bond motifs is 1. The fraction of sp³-hybridized carbons (Fsp3) is 0.444. The number of carbonyl (C=O) groups is 4. The number of amides is 4. The second kappa shape index (κ2) is 18.3. The predicted molar refractivity (Wildman–Crippen MR) is 227 cm³/mol. The van der Waals surface area contributed by atoms with Crippen LogP contribution >= 0.6 is 0 Å². The number of rotatable bonds is 11. The zero-order chi connectivity index (χ0) is 43.5. The summed E-state index contributed by atoms with van der Waals surface area (Å²) in [7, 11) is 2.55. The number of halogens is 1. The lowest BCUT2D eigenvalue weighted by Crippen LogP contribution is -2.53. The maximum atomic E-state index is 15.9. The van der Waals surface area contributed by atoms with Crippen molar-refractivity contribution in [1.82, 2.24) is 45.4 Å². The van der Waals surface area contributed by atoms with Gasteiger partial charge < -0.3 is 44.6 Å². The fourth-order valence-electron chi connectivity index (χ4n) is 8.96. The van der Waals surface area contributed by atoms with Crippen LogP contribution in [-0.4, -0.2) is 111 Å². The molecule has 0 spiro atoms. The van der Waals surface area contributed by atoms with Crippen LogP contribution in [0.2, 0.25) is 0 Å². The van der Waals surface area contributed by atoms with Gasteiger partial charge in [0, 0.05) is 60.8 Å². The molecule has 8 rings (SSSR count). The van der Waals surface area contributed by atoms with Gasteiger partial charge in [-0.1, -0.05) is 38.1 Å². The molecule has 3 aliphatic rings. The third kappa shape index (κ3) is 8.71. The number of imidazole rings is 2. The zero-order valence-corrected chi connectivity index (χ0v) is 35.3. The molecule has 5 aromatic rings. The number of benzene rings is 2. The normalized spacial score (nSPS) is 19.1. The average Bonchev–Trinajstić information content (AvgIpc) is 4.14. The summed E-state index contributed by atoms with van der Waals surface area (Å²) in [6.45, 7) is 5.89. The van der Waals surface area contributed by atoms with E-state index in [1.54, 1.807) is 23.4 Å². The number of carbonyl (C=O) groups excluding carboxylic acids is 4. The minimum absolute atomic E-state index is 0.0575. The van der Waals surface area contributed by atoms with Crippen LogP contribution in [0.15, 0.2) is 61.1 Å². The van der Waals surface area contributed by atoms with Crippen LogP contribution in [0.3, 0.4) is 0 Å². The molecule has 0 saturated carbocycles. The van der Waals surface area contributed by atoms with Gasteiger partial charge in [-0.05, 0) is 74.1 Å². The summed E-state index contributed by atoms with van der Waals surface area (Å²) in [5.74, 6) is 0.284. The molecule has 0 unspecified atom stereocenters. The summed E-state index contributed by atoms with van der Waals surface area (Å²) in [6, 6.07) is 10.6. The van der Waals surface area contributed by atoms with E-state index in [4.69, 9.17) is 24.2 Å². The first kappa shape index (κ1) is 42.3. The number of aromatic nitrogens is 5. The second-order valence-electron chi connectivity index (χ2n) is 16.5. The maximum Gasteiger partial charge on any atom is 0.407 e.